The van der Waals surface area contributed by atoms with Crippen LogP contribution in [0, 0.1) is 11.6 Å². The highest BCUT2D eigenvalue weighted by Gasteiger charge is 2.11. The highest BCUT2D eigenvalue weighted by molar-refractivity contribution is 9.10. The van der Waals surface area contributed by atoms with Crippen molar-refractivity contribution >= 4 is 15.9 Å². The van der Waals surface area contributed by atoms with Gasteiger partial charge >= 0.3 is 0 Å². The summed E-state index contributed by atoms with van der Waals surface area (Å²) in [6, 6.07) is 2.93. The van der Waals surface area contributed by atoms with Crippen molar-refractivity contribution in [2.75, 3.05) is 32.7 Å². The summed E-state index contributed by atoms with van der Waals surface area (Å²) in [5, 5.41) is 3.28. The van der Waals surface area contributed by atoms with E-state index in [1.165, 1.54) is 6.07 Å². The third-order valence-corrected chi connectivity index (χ3v) is 3.55. The zero-order chi connectivity index (χ0) is 12.3. The molecule has 0 bridgehead atoms. The van der Waals surface area contributed by atoms with Gasteiger partial charge in [0.2, 0.25) is 0 Å². The van der Waals surface area contributed by atoms with Crippen LogP contribution in [-0.2, 0) is 6.42 Å². The summed E-state index contributed by atoms with van der Waals surface area (Å²) in [5.41, 5.74) is 0.828. The maximum atomic E-state index is 13.2. The summed E-state index contributed by atoms with van der Waals surface area (Å²) < 4.78 is 26.4. The van der Waals surface area contributed by atoms with Crippen molar-refractivity contribution in [3.8, 4) is 0 Å². The number of nitrogens with one attached hydrogen (secondary N) is 1. The SMILES string of the molecule is Fc1cc(CCN2CCNCC2)cc(Br)c1F. The van der Waals surface area contributed by atoms with E-state index in [-0.39, 0.29) is 4.47 Å². The number of benzene rings is 1. The Morgan fingerprint density at radius 2 is 1.94 bits per heavy atom. The summed E-state index contributed by atoms with van der Waals surface area (Å²) in [4.78, 5) is 2.33. The first-order valence-corrected chi connectivity index (χ1v) is 6.52. The third-order valence-electron chi connectivity index (χ3n) is 2.97. The Kier molecular flexibility index (Phi) is 4.48. The first-order valence-electron chi connectivity index (χ1n) is 5.73. The summed E-state index contributed by atoms with van der Waals surface area (Å²) in [6.45, 7) is 4.93. The molecule has 1 aromatic carbocycles. The van der Waals surface area contributed by atoms with Gasteiger partial charge in [-0.05, 0) is 40.0 Å². The van der Waals surface area contributed by atoms with Gasteiger partial charge in [-0.1, -0.05) is 0 Å². The van der Waals surface area contributed by atoms with Crippen molar-refractivity contribution in [2.45, 2.75) is 6.42 Å². The summed E-state index contributed by atoms with van der Waals surface area (Å²) in [7, 11) is 0. The normalized spacial score (nSPS) is 17.4. The average Bonchev–Trinajstić information content (AvgIpc) is 2.34. The van der Waals surface area contributed by atoms with E-state index in [0.29, 0.717) is 0 Å². The zero-order valence-electron chi connectivity index (χ0n) is 9.48. The minimum Gasteiger partial charge on any atom is -0.314 e. The Morgan fingerprint density at radius 3 is 2.59 bits per heavy atom. The molecule has 0 amide bonds. The van der Waals surface area contributed by atoms with Crippen LogP contribution < -0.4 is 5.32 Å². The lowest BCUT2D eigenvalue weighted by Gasteiger charge is -2.27. The van der Waals surface area contributed by atoms with Crippen LogP contribution in [0.3, 0.4) is 0 Å². The topological polar surface area (TPSA) is 15.3 Å². The molecule has 2 nitrogen and oxygen atoms in total. The molecule has 94 valence electrons. The van der Waals surface area contributed by atoms with E-state index in [9.17, 15) is 8.78 Å². The number of piperazine rings is 1. The van der Waals surface area contributed by atoms with E-state index >= 15 is 0 Å². The number of rotatable bonds is 3. The molecule has 5 heteroatoms. The largest absolute Gasteiger partial charge is 0.314 e. The zero-order valence-corrected chi connectivity index (χ0v) is 11.1. The van der Waals surface area contributed by atoms with Crippen molar-refractivity contribution in [1.82, 2.24) is 10.2 Å². The minimum atomic E-state index is -0.809. The highest BCUT2D eigenvalue weighted by Crippen LogP contribution is 2.20. The van der Waals surface area contributed by atoms with Crippen LogP contribution in [0.15, 0.2) is 16.6 Å². The molecule has 1 aromatic rings. The number of hydrogen-bond acceptors (Lipinski definition) is 2. The summed E-state index contributed by atoms with van der Waals surface area (Å²) in [5.74, 6) is -1.59. The van der Waals surface area contributed by atoms with E-state index in [2.05, 4.69) is 26.1 Å². The molecule has 0 spiro atoms. The van der Waals surface area contributed by atoms with Crippen LogP contribution in [-0.4, -0.2) is 37.6 Å². The number of halogens is 3. The van der Waals surface area contributed by atoms with Crippen molar-refractivity contribution < 1.29 is 8.78 Å². The van der Waals surface area contributed by atoms with E-state index in [1.807, 2.05) is 0 Å². The fourth-order valence-corrected chi connectivity index (χ4v) is 2.46. The molecule has 0 unspecified atom stereocenters. The summed E-state index contributed by atoms with van der Waals surface area (Å²) >= 11 is 3.02. The van der Waals surface area contributed by atoms with Crippen LogP contribution in [0.2, 0.25) is 0 Å². The van der Waals surface area contributed by atoms with Gasteiger partial charge in [0, 0.05) is 32.7 Å². The molecule has 0 saturated carbocycles. The fourth-order valence-electron chi connectivity index (χ4n) is 1.97. The molecule has 0 atom stereocenters. The average molecular weight is 305 g/mol. The molecule has 2 rings (SSSR count). The molecule has 17 heavy (non-hydrogen) atoms. The molecule has 1 saturated heterocycles. The van der Waals surface area contributed by atoms with E-state index in [0.717, 1.165) is 44.7 Å². The molecular formula is C12H15BrF2N2. The molecule has 1 heterocycles. The molecule has 0 aromatic heterocycles. The van der Waals surface area contributed by atoms with Gasteiger partial charge in [0.1, 0.15) is 0 Å². The van der Waals surface area contributed by atoms with Gasteiger partial charge in [-0.15, -0.1) is 0 Å². The van der Waals surface area contributed by atoms with Crippen LogP contribution in [0.5, 0.6) is 0 Å². The van der Waals surface area contributed by atoms with Crippen molar-refractivity contribution in [3.63, 3.8) is 0 Å². The smallest absolute Gasteiger partial charge is 0.172 e. The second-order valence-corrected chi connectivity index (χ2v) is 5.07. The van der Waals surface area contributed by atoms with Crippen LogP contribution in [0.25, 0.3) is 0 Å². The Hall–Kier alpha value is -0.520. The minimum absolute atomic E-state index is 0.202. The first-order chi connectivity index (χ1) is 8.16. The van der Waals surface area contributed by atoms with Crippen molar-refractivity contribution in [2.24, 2.45) is 0 Å². The first kappa shape index (κ1) is 12.9. The van der Waals surface area contributed by atoms with E-state index in [1.54, 1.807) is 6.07 Å². The predicted octanol–water partition coefficient (Wildman–Crippen LogP) is 2.17. The van der Waals surface area contributed by atoms with Gasteiger partial charge < -0.3 is 10.2 Å². The number of nitrogens with zero attached hydrogens (tertiary/aromatic N) is 1. The van der Waals surface area contributed by atoms with Gasteiger partial charge in [-0.25, -0.2) is 8.78 Å². The molecule has 1 aliphatic heterocycles. The molecule has 0 aliphatic carbocycles. The highest BCUT2D eigenvalue weighted by atomic mass is 79.9. The number of hydrogen-bond donors (Lipinski definition) is 1. The van der Waals surface area contributed by atoms with E-state index < -0.39 is 11.6 Å². The van der Waals surface area contributed by atoms with Crippen molar-refractivity contribution in [3.05, 3.63) is 33.8 Å². The molecule has 1 aliphatic rings. The molecule has 1 fully saturated rings. The van der Waals surface area contributed by atoms with Gasteiger partial charge in [-0.3, -0.25) is 0 Å². The van der Waals surface area contributed by atoms with Gasteiger partial charge in [-0.2, -0.15) is 0 Å². The van der Waals surface area contributed by atoms with Crippen LogP contribution in [0.4, 0.5) is 8.78 Å². The third kappa shape index (κ3) is 3.47. The lowest BCUT2D eigenvalue weighted by molar-refractivity contribution is 0.244. The fraction of sp³-hybridized carbons (Fsp3) is 0.500. The molecule has 0 radical (unpaired) electrons. The molecule has 1 N–H and O–H groups in total. The van der Waals surface area contributed by atoms with E-state index in [4.69, 9.17) is 0 Å². The maximum Gasteiger partial charge on any atom is 0.172 e. The van der Waals surface area contributed by atoms with Crippen LogP contribution >= 0.6 is 15.9 Å². The maximum absolute atomic E-state index is 13.2. The Balaban J connectivity index is 1.94. The predicted molar refractivity (Wildman–Crippen MR) is 67.1 cm³/mol. The lowest BCUT2D eigenvalue weighted by Crippen LogP contribution is -2.44. The monoisotopic (exact) mass is 304 g/mol. The quantitative estimate of drug-likeness (QED) is 0.861. The van der Waals surface area contributed by atoms with Gasteiger partial charge in [0.15, 0.2) is 11.6 Å². The summed E-state index contributed by atoms with van der Waals surface area (Å²) in [6.07, 6.45) is 0.746. The second kappa shape index (κ2) is 5.89. The standard InChI is InChI=1S/C12H15BrF2N2/c13-10-7-9(8-11(14)12(10)15)1-4-17-5-2-16-3-6-17/h7-8,16H,1-6H2. The Labute approximate surface area is 108 Å². The Bertz CT molecular complexity index is 369. The van der Waals surface area contributed by atoms with Crippen molar-refractivity contribution in [1.29, 1.82) is 0 Å². The Morgan fingerprint density at radius 1 is 1.24 bits per heavy atom. The van der Waals surface area contributed by atoms with Gasteiger partial charge in [0.05, 0.1) is 4.47 Å². The molecular weight excluding hydrogens is 290 g/mol. The second-order valence-electron chi connectivity index (χ2n) is 4.22. The lowest BCUT2D eigenvalue weighted by atomic mass is 10.1. The van der Waals surface area contributed by atoms with Gasteiger partial charge in [0.25, 0.3) is 0 Å². The van der Waals surface area contributed by atoms with Crippen LogP contribution in [0.1, 0.15) is 5.56 Å².